The van der Waals surface area contributed by atoms with Crippen LogP contribution in [0.1, 0.15) is 5.56 Å². The second-order valence-electron chi connectivity index (χ2n) is 4.77. The number of methoxy groups -OCH3 is 3. The van der Waals surface area contributed by atoms with E-state index in [1.54, 1.807) is 21.3 Å². The van der Waals surface area contributed by atoms with Gasteiger partial charge in [-0.3, -0.25) is 0 Å². The first kappa shape index (κ1) is 15.9. The lowest BCUT2D eigenvalue weighted by molar-refractivity contribution is 0.0288. The quantitative estimate of drug-likeness (QED) is 0.778. The second kappa shape index (κ2) is 8.07. The van der Waals surface area contributed by atoms with Gasteiger partial charge in [0, 0.05) is 27.3 Å². The number of hydrogen-bond acceptors (Lipinski definition) is 6. The molecular weight excluding hydrogens is 274 g/mol. The fraction of sp³-hybridized carbons (Fsp3) is 0.600. The molecule has 1 atom stereocenters. The largest absolute Gasteiger partial charge is 0.493 e. The van der Waals surface area contributed by atoms with E-state index < -0.39 is 0 Å². The van der Waals surface area contributed by atoms with Gasteiger partial charge in [-0.1, -0.05) is 0 Å². The van der Waals surface area contributed by atoms with Crippen LogP contribution in [0, 0.1) is 0 Å². The minimum atomic E-state index is 0.0362. The summed E-state index contributed by atoms with van der Waals surface area (Å²) in [5.41, 5.74) is 1.07. The highest BCUT2D eigenvalue weighted by molar-refractivity contribution is 5.54. The van der Waals surface area contributed by atoms with E-state index >= 15 is 0 Å². The predicted molar refractivity (Wildman–Crippen MR) is 78.4 cm³/mol. The molecule has 0 saturated heterocycles. The standard InChI is InChI=1S/C15H23NO5/c1-17-10-12(18-2)9-16-8-11-6-13(19-3)15-14(7-11)20-4-5-21-15/h6-7,12,16H,4-5,8-10H2,1-3H3. The Kier molecular flexibility index (Phi) is 6.10. The number of hydrogen-bond donors (Lipinski definition) is 1. The Morgan fingerprint density at radius 1 is 1.19 bits per heavy atom. The molecule has 0 fully saturated rings. The SMILES string of the molecule is COCC(CNCc1cc(OC)c2c(c1)OCCO2)OC. The molecule has 6 heteroatoms. The van der Waals surface area contributed by atoms with Crippen LogP contribution in [0.4, 0.5) is 0 Å². The summed E-state index contributed by atoms with van der Waals surface area (Å²) in [6.07, 6.45) is 0.0362. The Morgan fingerprint density at radius 3 is 2.71 bits per heavy atom. The zero-order valence-electron chi connectivity index (χ0n) is 12.8. The molecule has 1 aliphatic heterocycles. The second-order valence-corrected chi connectivity index (χ2v) is 4.77. The summed E-state index contributed by atoms with van der Waals surface area (Å²) < 4.78 is 27.0. The summed E-state index contributed by atoms with van der Waals surface area (Å²) in [5, 5.41) is 3.34. The molecule has 1 aromatic rings. The fourth-order valence-electron chi connectivity index (χ4n) is 2.20. The average Bonchev–Trinajstić information content (AvgIpc) is 2.53. The first-order valence-electron chi connectivity index (χ1n) is 6.97. The highest BCUT2D eigenvalue weighted by Crippen LogP contribution is 2.40. The van der Waals surface area contributed by atoms with Crippen molar-refractivity contribution in [2.24, 2.45) is 0 Å². The smallest absolute Gasteiger partial charge is 0.203 e. The molecule has 1 N–H and O–H groups in total. The Labute approximate surface area is 125 Å². The lowest BCUT2D eigenvalue weighted by Gasteiger charge is -2.22. The fourth-order valence-corrected chi connectivity index (χ4v) is 2.20. The maximum atomic E-state index is 5.62. The summed E-state index contributed by atoms with van der Waals surface area (Å²) in [6.45, 7) is 3.08. The number of benzene rings is 1. The van der Waals surface area contributed by atoms with E-state index in [0.717, 1.165) is 11.3 Å². The molecule has 0 bridgehead atoms. The lowest BCUT2D eigenvalue weighted by atomic mass is 10.1. The van der Waals surface area contributed by atoms with Crippen molar-refractivity contribution in [2.75, 3.05) is 47.7 Å². The van der Waals surface area contributed by atoms with Crippen molar-refractivity contribution in [2.45, 2.75) is 12.6 Å². The van der Waals surface area contributed by atoms with Gasteiger partial charge < -0.3 is 29.0 Å². The van der Waals surface area contributed by atoms with E-state index in [0.29, 0.717) is 44.4 Å². The highest BCUT2D eigenvalue weighted by atomic mass is 16.6. The van der Waals surface area contributed by atoms with E-state index in [-0.39, 0.29) is 6.10 Å². The van der Waals surface area contributed by atoms with Gasteiger partial charge in [0.15, 0.2) is 11.5 Å². The molecule has 1 heterocycles. The Balaban J connectivity index is 1.97. The minimum absolute atomic E-state index is 0.0362. The molecular formula is C15H23NO5. The van der Waals surface area contributed by atoms with Crippen LogP contribution in [0.15, 0.2) is 12.1 Å². The first-order valence-corrected chi connectivity index (χ1v) is 6.97. The van der Waals surface area contributed by atoms with Crippen LogP contribution in [0.3, 0.4) is 0 Å². The van der Waals surface area contributed by atoms with Crippen molar-refractivity contribution >= 4 is 0 Å². The summed E-state index contributed by atoms with van der Waals surface area (Å²) in [4.78, 5) is 0. The molecule has 0 spiro atoms. The van der Waals surface area contributed by atoms with Gasteiger partial charge in [0.1, 0.15) is 13.2 Å². The van der Waals surface area contributed by atoms with Gasteiger partial charge in [-0.05, 0) is 17.7 Å². The summed E-state index contributed by atoms with van der Waals surface area (Å²) >= 11 is 0. The van der Waals surface area contributed by atoms with Crippen molar-refractivity contribution in [1.82, 2.24) is 5.32 Å². The predicted octanol–water partition coefficient (Wildman–Crippen LogP) is 1.22. The van der Waals surface area contributed by atoms with Crippen LogP contribution < -0.4 is 19.5 Å². The minimum Gasteiger partial charge on any atom is -0.493 e. The molecule has 118 valence electrons. The topological polar surface area (TPSA) is 58.2 Å². The maximum Gasteiger partial charge on any atom is 0.203 e. The normalized spacial score (nSPS) is 14.8. The van der Waals surface area contributed by atoms with Crippen molar-refractivity contribution < 1.29 is 23.7 Å². The van der Waals surface area contributed by atoms with Crippen LogP contribution >= 0.6 is 0 Å². The van der Waals surface area contributed by atoms with E-state index in [1.807, 2.05) is 12.1 Å². The molecule has 6 nitrogen and oxygen atoms in total. The van der Waals surface area contributed by atoms with Gasteiger partial charge >= 0.3 is 0 Å². The zero-order chi connectivity index (χ0) is 15.1. The highest BCUT2D eigenvalue weighted by Gasteiger charge is 2.18. The monoisotopic (exact) mass is 297 g/mol. The van der Waals surface area contributed by atoms with Gasteiger partial charge in [-0.2, -0.15) is 0 Å². The third-order valence-corrected chi connectivity index (χ3v) is 3.27. The summed E-state index contributed by atoms with van der Waals surface area (Å²) in [6, 6.07) is 3.93. The van der Waals surface area contributed by atoms with Crippen molar-refractivity contribution in [3.05, 3.63) is 17.7 Å². The van der Waals surface area contributed by atoms with Crippen molar-refractivity contribution in [3.8, 4) is 17.2 Å². The molecule has 2 rings (SSSR count). The number of nitrogens with one attached hydrogen (secondary N) is 1. The van der Waals surface area contributed by atoms with E-state index in [2.05, 4.69) is 5.32 Å². The molecule has 0 amide bonds. The van der Waals surface area contributed by atoms with E-state index in [9.17, 15) is 0 Å². The van der Waals surface area contributed by atoms with Crippen LogP contribution in [0.2, 0.25) is 0 Å². The molecule has 0 radical (unpaired) electrons. The van der Waals surface area contributed by atoms with Gasteiger partial charge in [0.25, 0.3) is 0 Å². The molecule has 1 unspecified atom stereocenters. The zero-order valence-corrected chi connectivity index (χ0v) is 12.8. The van der Waals surface area contributed by atoms with Crippen LogP contribution in [-0.2, 0) is 16.0 Å². The molecule has 0 aromatic heterocycles. The van der Waals surface area contributed by atoms with Crippen molar-refractivity contribution in [3.63, 3.8) is 0 Å². The maximum absolute atomic E-state index is 5.62. The molecule has 0 saturated carbocycles. The average molecular weight is 297 g/mol. The molecule has 1 aromatic carbocycles. The number of rotatable bonds is 8. The molecule has 21 heavy (non-hydrogen) atoms. The summed E-state index contributed by atoms with van der Waals surface area (Å²) in [5.74, 6) is 2.11. The third kappa shape index (κ3) is 4.23. The molecule has 0 aliphatic carbocycles. The van der Waals surface area contributed by atoms with Crippen LogP contribution in [0.25, 0.3) is 0 Å². The lowest BCUT2D eigenvalue weighted by Crippen LogP contribution is -2.31. The molecule has 1 aliphatic rings. The third-order valence-electron chi connectivity index (χ3n) is 3.27. The van der Waals surface area contributed by atoms with Gasteiger partial charge in [0.2, 0.25) is 5.75 Å². The van der Waals surface area contributed by atoms with Crippen molar-refractivity contribution in [1.29, 1.82) is 0 Å². The van der Waals surface area contributed by atoms with Gasteiger partial charge in [-0.25, -0.2) is 0 Å². The first-order chi connectivity index (χ1) is 10.3. The Hall–Kier alpha value is -1.50. The van der Waals surface area contributed by atoms with Crippen LogP contribution in [-0.4, -0.2) is 53.8 Å². The van der Waals surface area contributed by atoms with Gasteiger partial charge in [-0.15, -0.1) is 0 Å². The van der Waals surface area contributed by atoms with E-state index in [1.165, 1.54) is 0 Å². The number of fused-ring (bicyclic) bond motifs is 1. The Morgan fingerprint density at radius 2 is 2.00 bits per heavy atom. The number of ether oxygens (including phenoxy) is 5. The van der Waals surface area contributed by atoms with Crippen LogP contribution in [0.5, 0.6) is 17.2 Å². The summed E-state index contributed by atoms with van der Waals surface area (Å²) in [7, 11) is 4.97. The Bertz CT molecular complexity index is 435. The van der Waals surface area contributed by atoms with Gasteiger partial charge in [0.05, 0.1) is 19.8 Å². The van der Waals surface area contributed by atoms with E-state index in [4.69, 9.17) is 23.7 Å².